The molecule has 2 rings (SSSR count). The van der Waals surface area contributed by atoms with Gasteiger partial charge in [-0.25, -0.2) is 9.59 Å². The van der Waals surface area contributed by atoms with E-state index in [1.165, 1.54) is 0 Å². The molecule has 0 spiro atoms. The molecule has 2 N–H and O–H groups in total. The Morgan fingerprint density at radius 3 is 2.78 bits per heavy atom. The van der Waals surface area contributed by atoms with Crippen LogP contribution in [0.5, 0.6) is 5.75 Å². The van der Waals surface area contributed by atoms with E-state index in [-0.39, 0.29) is 19.2 Å². The van der Waals surface area contributed by atoms with Gasteiger partial charge >= 0.3 is 12.0 Å². The maximum Gasteiger partial charge on any atom is 0.338 e. The van der Waals surface area contributed by atoms with Crippen LogP contribution in [-0.4, -0.2) is 31.3 Å². The van der Waals surface area contributed by atoms with Crippen molar-refractivity contribution in [3.8, 4) is 5.75 Å². The Balaban J connectivity index is 2.20. The van der Waals surface area contributed by atoms with Gasteiger partial charge in [-0.3, -0.25) is 0 Å². The Hall–Kier alpha value is -2.21. The van der Waals surface area contributed by atoms with Crippen LogP contribution in [0, 0.1) is 6.92 Å². The number of ether oxygens (including phenoxy) is 2. The van der Waals surface area contributed by atoms with Crippen LogP contribution in [0.15, 0.2) is 29.5 Å². The summed E-state index contributed by atoms with van der Waals surface area (Å²) >= 11 is 5.98. The molecule has 7 heteroatoms. The third kappa shape index (κ3) is 4.16. The zero-order chi connectivity index (χ0) is 17.0. The Morgan fingerprint density at radius 2 is 2.13 bits per heavy atom. The number of rotatable bonds is 5. The molecule has 0 radical (unpaired) electrons. The molecular formula is C16H19ClN2O4. The molecule has 124 valence electrons. The second kappa shape index (κ2) is 7.37. The number of aryl methyl sites for hydroxylation is 1. The smallest absolute Gasteiger partial charge is 0.338 e. The number of hydrogen-bond acceptors (Lipinski definition) is 4. The van der Waals surface area contributed by atoms with E-state index in [2.05, 4.69) is 10.6 Å². The molecule has 0 bridgehead atoms. The van der Waals surface area contributed by atoms with Gasteiger partial charge in [0.1, 0.15) is 12.4 Å². The minimum absolute atomic E-state index is 0.0486. The van der Waals surface area contributed by atoms with Gasteiger partial charge in [0, 0.05) is 5.02 Å². The molecule has 2 amide bonds. The number of halogens is 1. The monoisotopic (exact) mass is 338 g/mol. The van der Waals surface area contributed by atoms with E-state index in [0.717, 1.165) is 5.56 Å². The first-order valence-electron chi connectivity index (χ1n) is 7.29. The van der Waals surface area contributed by atoms with E-state index in [9.17, 15) is 9.59 Å². The van der Waals surface area contributed by atoms with Gasteiger partial charge in [0.15, 0.2) is 0 Å². The van der Waals surface area contributed by atoms with Gasteiger partial charge in [-0.05, 0) is 44.5 Å². The average Bonchev–Trinajstić information content (AvgIpc) is 2.48. The van der Waals surface area contributed by atoms with Crippen molar-refractivity contribution in [2.45, 2.75) is 26.8 Å². The Kier molecular flexibility index (Phi) is 5.50. The second-order valence-electron chi connectivity index (χ2n) is 5.13. The molecule has 0 fully saturated rings. The van der Waals surface area contributed by atoms with Crippen molar-refractivity contribution in [2.75, 3.05) is 13.2 Å². The number of amides is 2. The molecule has 0 aromatic heterocycles. The van der Waals surface area contributed by atoms with Crippen molar-refractivity contribution in [1.29, 1.82) is 0 Å². The molecule has 1 aromatic carbocycles. The van der Waals surface area contributed by atoms with Crippen LogP contribution in [0.3, 0.4) is 0 Å². The van der Waals surface area contributed by atoms with Gasteiger partial charge < -0.3 is 20.1 Å². The standard InChI is InChI=1S/C16H19ClN2O4/c1-4-22-15(20)14-10(3)18-16(21)19-13(14)8-23-11-5-6-12(17)9(2)7-11/h5-7,10H,4,8H2,1-3H3,(H2,18,19,21). The lowest BCUT2D eigenvalue weighted by Gasteiger charge is -2.26. The number of carbonyl (C=O) groups is 2. The largest absolute Gasteiger partial charge is 0.487 e. The third-order valence-electron chi connectivity index (χ3n) is 3.38. The summed E-state index contributed by atoms with van der Waals surface area (Å²) < 4.78 is 10.7. The van der Waals surface area contributed by atoms with Crippen LogP contribution in [0.1, 0.15) is 19.4 Å². The highest BCUT2D eigenvalue weighted by Gasteiger charge is 2.29. The highest BCUT2D eigenvalue weighted by molar-refractivity contribution is 6.31. The van der Waals surface area contributed by atoms with Crippen LogP contribution in [-0.2, 0) is 9.53 Å². The summed E-state index contributed by atoms with van der Waals surface area (Å²) in [5, 5.41) is 5.89. The van der Waals surface area contributed by atoms with Crippen molar-refractivity contribution in [3.63, 3.8) is 0 Å². The second-order valence-corrected chi connectivity index (χ2v) is 5.54. The maximum absolute atomic E-state index is 12.1. The quantitative estimate of drug-likeness (QED) is 0.809. The fraction of sp³-hybridized carbons (Fsp3) is 0.375. The summed E-state index contributed by atoms with van der Waals surface area (Å²) in [6.07, 6.45) is 0. The maximum atomic E-state index is 12.1. The van der Waals surface area contributed by atoms with Crippen molar-refractivity contribution in [3.05, 3.63) is 40.1 Å². The Labute approximate surface area is 139 Å². The van der Waals surface area contributed by atoms with Crippen molar-refractivity contribution >= 4 is 23.6 Å². The topological polar surface area (TPSA) is 76.7 Å². The normalized spacial score (nSPS) is 17.4. The number of hydrogen-bond donors (Lipinski definition) is 2. The first-order valence-corrected chi connectivity index (χ1v) is 7.66. The van der Waals surface area contributed by atoms with E-state index in [1.807, 2.05) is 6.92 Å². The van der Waals surface area contributed by atoms with Gasteiger partial charge in [0.25, 0.3) is 0 Å². The predicted molar refractivity (Wildman–Crippen MR) is 86.5 cm³/mol. The lowest BCUT2D eigenvalue weighted by Crippen LogP contribution is -2.50. The highest BCUT2D eigenvalue weighted by atomic mass is 35.5. The zero-order valence-electron chi connectivity index (χ0n) is 13.2. The minimum atomic E-state index is -0.474. The van der Waals surface area contributed by atoms with Gasteiger partial charge in [-0.15, -0.1) is 0 Å². The van der Waals surface area contributed by atoms with Crippen LogP contribution in [0.4, 0.5) is 4.79 Å². The van der Waals surface area contributed by atoms with Crippen molar-refractivity contribution < 1.29 is 19.1 Å². The van der Waals surface area contributed by atoms with Crippen LogP contribution < -0.4 is 15.4 Å². The molecule has 1 unspecified atom stereocenters. The number of urea groups is 1. The molecule has 1 atom stereocenters. The first kappa shape index (κ1) is 17.1. The number of nitrogens with one attached hydrogen (secondary N) is 2. The van der Waals surface area contributed by atoms with Gasteiger partial charge in [0.05, 0.1) is 23.9 Å². The molecule has 1 aromatic rings. The summed E-state index contributed by atoms with van der Waals surface area (Å²) in [6, 6.07) is 4.42. The first-order chi connectivity index (χ1) is 10.9. The zero-order valence-corrected chi connectivity index (χ0v) is 14.0. The number of esters is 1. The molecule has 0 saturated carbocycles. The van der Waals surface area contributed by atoms with Crippen LogP contribution in [0.25, 0.3) is 0 Å². The highest BCUT2D eigenvalue weighted by Crippen LogP contribution is 2.22. The number of benzene rings is 1. The summed E-state index contributed by atoms with van der Waals surface area (Å²) in [7, 11) is 0. The third-order valence-corrected chi connectivity index (χ3v) is 3.80. The minimum Gasteiger partial charge on any atom is -0.487 e. The Morgan fingerprint density at radius 1 is 1.39 bits per heavy atom. The Bertz CT molecular complexity index is 657. The molecule has 23 heavy (non-hydrogen) atoms. The summed E-state index contributed by atoms with van der Waals surface area (Å²) in [6.45, 7) is 5.62. The van der Waals surface area contributed by atoms with Crippen molar-refractivity contribution in [1.82, 2.24) is 10.6 Å². The molecule has 1 aliphatic rings. The van der Waals surface area contributed by atoms with E-state index in [0.29, 0.717) is 22.0 Å². The van der Waals surface area contributed by atoms with Gasteiger partial charge in [0.2, 0.25) is 0 Å². The lowest BCUT2D eigenvalue weighted by molar-refractivity contribution is -0.139. The molecule has 1 heterocycles. The molecule has 6 nitrogen and oxygen atoms in total. The fourth-order valence-electron chi connectivity index (χ4n) is 2.26. The molecular weight excluding hydrogens is 320 g/mol. The molecule has 0 aliphatic carbocycles. The van der Waals surface area contributed by atoms with Crippen LogP contribution >= 0.6 is 11.6 Å². The predicted octanol–water partition coefficient (Wildman–Crippen LogP) is 2.55. The van der Waals surface area contributed by atoms with E-state index < -0.39 is 12.0 Å². The summed E-state index contributed by atoms with van der Waals surface area (Å²) in [5.74, 6) is 0.126. The summed E-state index contributed by atoms with van der Waals surface area (Å²) in [5.41, 5.74) is 1.64. The van der Waals surface area contributed by atoms with E-state index in [4.69, 9.17) is 21.1 Å². The van der Waals surface area contributed by atoms with Gasteiger partial charge in [-0.1, -0.05) is 11.6 Å². The van der Waals surface area contributed by atoms with Crippen molar-refractivity contribution in [2.24, 2.45) is 0 Å². The lowest BCUT2D eigenvalue weighted by atomic mass is 10.0. The van der Waals surface area contributed by atoms with Crippen LogP contribution in [0.2, 0.25) is 5.02 Å². The average molecular weight is 339 g/mol. The fourth-order valence-corrected chi connectivity index (χ4v) is 2.37. The van der Waals surface area contributed by atoms with Gasteiger partial charge in [-0.2, -0.15) is 0 Å². The molecule has 0 saturated heterocycles. The van der Waals surface area contributed by atoms with E-state index >= 15 is 0 Å². The SMILES string of the molecule is CCOC(=O)C1=C(COc2ccc(Cl)c(C)c2)NC(=O)NC1C. The summed E-state index contributed by atoms with van der Waals surface area (Å²) in [4.78, 5) is 23.7. The number of carbonyl (C=O) groups excluding carboxylic acids is 2. The molecule has 1 aliphatic heterocycles. The van der Waals surface area contributed by atoms with E-state index in [1.54, 1.807) is 32.0 Å².